The van der Waals surface area contributed by atoms with Gasteiger partial charge in [-0.25, -0.2) is 9.97 Å². The van der Waals surface area contributed by atoms with Crippen molar-refractivity contribution in [2.75, 3.05) is 31.6 Å². The van der Waals surface area contributed by atoms with Crippen LogP contribution in [0.25, 0.3) is 0 Å². The average Bonchev–Trinajstić information content (AvgIpc) is 3.00. The molecule has 0 unspecified atom stereocenters. The summed E-state index contributed by atoms with van der Waals surface area (Å²) in [5.41, 5.74) is -0.722. The first kappa shape index (κ1) is 16.4. The predicted molar refractivity (Wildman–Crippen MR) is 86.6 cm³/mol. The summed E-state index contributed by atoms with van der Waals surface area (Å²) in [6.07, 6.45) is 7.62. The zero-order chi connectivity index (χ0) is 17.2. The van der Waals surface area contributed by atoms with Crippen molar-refractivity contribution in [3.63, 3.8) is 0 Å². The first-order valence-electron chi connectivity index (χ1n) is 7.87. The van der Waals surface area contributed by atoms with Crippen LogP contribution in [0, 0.1) is 6.92 Å². The number of β-amino-alcohol motifs (C(OH)–C–C–N with tert-alkyl or cyclic N) is 1. The van der Waals surface area contributed by atoms with Gasteiger partial charge in [-0.2, -0.15) is 0 Å². The lowest BCUT2D eigenvalue weighted by Crippen LogP contribution is -2.55. The molecule has 128 valence electrons. The van der Waals surface area contributed by atoms with Crippen LogP contribution in [-0.4, -0.2) is 63.1 Å². The molecule has 1 fully saturated rings. The van der Waals surface area contributed by atoms with Crippen molar-refractivity contribution in [2.24, 2.45) is 0 Å². The molecule has 24 heavy (non-hydrogen) atoms. The molecule has 0 bridgehead atoms. The summed E-state index contributed by atoms with van der Waals surface area (Å²) < 4.78 is 5.08. The highest BCUT2D eigenvalue weighted by Crippen LogP contribution is 2.25. The number of aliphatic hydroxyl groups is 1. The van der Waals surface area contributed by atoms with Crippen LogP contribution in [0.15, 0.2) is 29.4 Å². The van der Waals surface area contributed by atoms with Gasteiger partial charge in [0, 0.05) is 32.5 Å². The topological polar surface area (TPSA) is 95.6 Å². The third kappa shape index (κ3) is 3.38. The van der Waals surface area contributed by atoms with Gasteiger partial charge in [0.15, 0.2) is 12.1 Å². The molecule has 3 rings (SSSR count). The lowest BCUT2D eigenvalue weighted by Gasteiger charge is -2.41. The molecule has 1 aliphatic heterocycles. The number of likely N-dealkylation sites (N-methyl/N-ethyl adjacent to an activating group) is 1. The summed E-state index contributed by atoms with van der Waals surface area (Å²) in [4.78, 5) is 28.2. The Hall–Kier alpha value is -2.48. The van der Waals surface area contributed by atoms with Crippen LogP contribution in [0.5, 0.6) is 0 Å². The van der Waals surface area contributed by atoms with Gasteiger partial charge >= 0.3 is 0 Å². The molecule has 1 amide bonds. The van der Waals surface area contributed by atoms with E-state index in [4.69, 9.17) is 4.42 Å². The number of rotatable bonds is 4. The Morgan fingerprint density at radius 1 is 1.46 bits per heavy atom. The van der Waals surface area contributed by atoms with E-state index in [-0.39, 0.29) is 18.1 Å². The lowest BCUT2D eigenvalue weighted by molar-refractivity contribution is -0.000324. The lowest BCUT2D eigenvalue weighted by atomic mass is 9.92. The number of anilines is 1. The van der Waals surface area contributed by atoms with Crippen molar-refractivity contribution >= 4 is 11.7 Å². The maximum Gasteiger partial charge on any atom is 0.275 e. The smallest absolute Gasteiger partial charge is 0.275 e. The first-order chi connectivity index (χ1) is 11.5. The summed E-state index contributed by atoms with van der Waals surface area (Å²) in [6.45, 7) is 3.12. The van der Waals surface area contributed by atoms with Gasteiger partial charge in [-0.1, -0.05) is 0 Å². The van der Waals surface area contributed by atoms with Gasteiger partial charge in [0.2, 0.25) is 0 Å². The summed E-state index contributed by atoms with van der Waals surface area (Å²) in [5.74, 6) is 0.951. The van der Waals surface area contributed by atoms with E-state index < -0.39 is 5.60 Å². The van der Waals surface area contributed by atoms with Crippen LogP contribution >= 0.6 is 0 Å². The number of oxazole rings is 1. The highest BCUT2D eigenvalue weighted by Gasteiger charge is 2.36. The Balaban J connectivity index is 1.69. The molecular weight excluding hydrogens is 310 g/mol. The van der Waals surface area contributed by atoms with Crippen LogP contribution in [0.4, 0.5) is 5.82 Å². The Bertz CT molecular complexity index is 705. The molecule has 2 aromatic heterocycles. The first-order valence-corrected chi connectivity index (χ1v) is 7.87. The molecule has 1 saturated heterocycles. The zero-order valence-corrected chi connectivity index (χ0v) is 13.8. The highest BCUT2D eigenvalue weighted by molar-refractivity contribution is 5.93. The van der Waals surface area contributed by atoms with Gasteiger partial charge in [-0.15, -0.1) is 0 Å². The predicted octanol–water partition coefficient (Wildman–Crippen LogP) is 0.877. The number of hydrogen-bond acceptors (Lipinski definition) is 7. The van der Waals surface area contributed by atoms with E-state index in [1.54, 1.807) is 32.6 Å². The second kappa shape index (κ2) is 6.56. The van der Waals surface area contributed by atoms with Crippen molar-refractivity contribution in [3.8, 4) is 0 Å². The SMILES string of the molecule is Cc1ocnc1C(=O)N(C)C[C@]1(O)CCCN(c2cnccn2)C1. The number of aryl methyl sites for hydroxylation is 1. The molecule has 3 heterocycles. The minimum atomic E-state index is -1.00. The molecule has 1 N–H and O–H groups in total. The fourth-order valence-electron chi connectivity index (χ4n) is 3.10. The third-order valence-corrected chi connectivity index (χ3v) is 4.25. The number of amides is 1. The highest BCUT2D eigenvalue weighted by atomic mass is 16.3. The molecule has 0 aliphatic carbocycles. The Kier molecular flexibility index (Phi) is 4.48. The molecule has 0 spiro atoms. The molecule has 0 aromatic carbocycles. The molecule has 0 saturated carbocycles. The second-order valence-corrected chi connectivity index (χ2v) is 6.23. The van der Waals surface area contributed by atoms with Gasteiger partial charge in [0.25, 0.3) is 5.91 Å². The van der Waals surface area contributed by atoms with Crippen molar-refractivity contribution in [1.82, 2.24) is 19.9 Å². The largest absolute Gasteiger partial charge is 0.448 e. The summed E-state index contributed by atoms with van der Waals surface area (Å²) in [7, 11) is 1.66. The van der Waals surface area contributed by atoms with Crippen molar-refractivity contribution in [3.05, 3.63) is 36.4 Å². The van der Waals surface area contributed by atoms with Crippen molar-refractivity contribution in [1.29, 1.82) is 0 Å². The van der Waals surface area contributed by atoms with Crippen LogP contribution < -0.4 is 4.90 Å². The number of aromatic nitrogens is 3. The zero-order valence-electron chi connectivity index (χ0n) is 13.8. The van der Waals surface area contributed by atoms with E-state index in [2.05, 4.69) is 15.0 Å². The molecule has 0 radical (unpaired) electrons. The van der Waals surface area contributed by atoms with Crippen molar-refractivity contribution in [2.45, 2.75) is 25.4 Å². The summed E-state index contributed by atoms with van der Waals surface area (Å²) in [6, 6.07) is 0. The van der Waals surface area contributed by atoms with Gasteiger partial charge in [0.05, 0.1) is 18.3 Å². The number of piperidine rings is 1. The van der Waals surface area contributed by atoms with E-state index in [1.165, 1.54) is 11.3 Å². The Morgan fingerprint density at radius 2 is 2.29 bits per heavy atom. The Labute approximate surface area is 140 Å². The number of nitrogens with zero attached hydrogens (tertiary/aromatic N) is 5. The van der Waals surface area contributed by atoms with Gasteiger partial charge in [-0.05, 0) is 19.8 Å². The van der Waals surface area contributed by atoms with Crippen LogP contribution in [-0.2, 0) is 0 Å². The Morgan fingerprint density at radius 3 is 2.96 bits per heavy atom. The van der Waals surface area contributed by atoms with E-state index in [9.17, 15) is 9.90 Å². The molecule has 8 nitrogen and oxygen atoms in total. The average molecular weight is 331 g/mol. The quantitative estimate of drug-likeness (QED) is 0.888. The molecule has 1 atom stereocenters. The molecule has 8 heteroatoms. The van der Waals surface area contributed by atoms with Crippen LogP contribution in [0.1, 0.15) is 29.1 Å². The minimum Gasteiger partial charge on any atom is -0.448 e. The standard InChI is InChI=1S/C16H21N5O3/c1-12-14(19-11-24-12)15(22)20(2)9-16(23)4-3-7-21(10-16)13-8-17-5-6-18-13/h5-6,8,11,23H,3-4,7,9-10H2,1-2H3/t16-/m1/s1. The number of carbonyl (C=O) groups is 1. The van der Waals surface area contributed by atoms with Gasteiger partial charge < -0.3 is 19.3 Å². The minimum absolute atomic E-state index is 0.217. The van der Waals surface area contributed by atoms with Crippen LogP contribution in [0.2, 0.25) is 0 Å². The fraction of sp³-hybridized carbons (Fsp3) is 0.500. The molecule has 1 aliphatic rings. The second-order valence-electron chi connectivity index (χ2n) is 6.23. The van der Waals surface area contributed by atoms with Crippen molar-refractivity contribution < 1.29 is 14.3 Å². The van der Waals surface area contributed by atoms with E-state index in [0.29, 0.717) is 18.7 Å². The maximum absolute atomic E-state index is 12.5. The monoisotopic (exact) mass is 331 g/mol. The van der Waals surface area contributed by atoms with Gasteiger partial charge in [0.1, 0.15) is 11.6 Å². The van der Waals surface area contributed by atoms with Gasteiger partial charge in [-0.3, -0.25) is 9.78 Å². The molecule has 2 aromatic rings. The molecular formula is C16H21N5O3. The number of hydrogen-bond donors (Lipinski definition) is 1. The third-order valence-electron chi connectivity index (χ3n) is 4.25. The summed E-state index contributed by atoms with van der Waals surface area (Å²) in [5, 5.41) is 11.0. The maximum atomic E-state index is 12.5. The van der Waals surface area contributed by atoms with E-state index in [0.717, 1.165) is 18.8 Å². The number of carbonyl (C=O) groups excluding carboxylic acids is 1. The van der Waals surface area contributed by atoms with E-state index >= 15 is 0 Å². The fourth-order valence-corrected chi connectivity index (χ4v) is 3.10. The van der Waals surface area contributed by atoms with E-state index in [1.807, 2.05) is 4.90 Å². The van der Waals surface area contributed by atoms with Crippen LogP contribution in [0.3, 0.4) is 0 Å². The normalized spacial score (nSPS) is 20.9. The summed E-state index contributed by atoms with van der Waals surface area (Å²) >= 11 is 0.